The number of methoxy groups -OCH3 is 1. The molecule has 0 heterocycles. The Labute approximate surface area is 118 Å². The van der Waals surface area contributed by atoms with Gasteiger partial charge in [0, 0.05) is 10.6 Å². The number of hydrogen-bond acceptors (Lipinski definition) is 3. The van der Waals surface area contributed by atoms with E-state index >= 15 is 0 Å². The molecule has 0 saturated heterocycles. The normalized spacial score (nSPS) is 12.2. The first-order valence-corrected chi connectivity index (χ1v) is 7.21. The fourth-order valence-electron chi connectivity index (χ4n) is 1.77. The van der Waals surface area contributed by atoms with Crippen LogP contribution in [0.5, 0.6) is 5.75 Å². The third kappa shape index (κ3) is 4.01. The molecule has 0 aliphatic heterocycles. The minimum atomic E-state index is -0.405. The van der Waals surface area contributed by atoms with Crippen LogP contribution in [0.15, 0.2) is 53.4 Å². The molecule has 3 heteroatoms. The quantitative estimate of drug-likeness (QED) is 0.834. The fraction of sp³-hybridized carbons (Fsp3) is 0.250. The Balaban J connectivity index is 1.98. The van der Waals surface area contributed by atoms with Crippen molar-refractivity contribution >= 4 is 11.8 Å². The summed E-state index contributed by atoms with van der Waals surface area (Å²) in [6.07, 6.45) is -0.405. The molecule has 100 valence electrons. The molecular weight excluding hydrogens is 256 g/mol. The van der Waals surface area contributed by atoms with E-state index in [4.69, 9.17) is 4.74 Å². The molecule has 0 amide bonds. The minimum absolute atomic E-state index is 0.405. The van der Waals surface area contributed by atoms with Crippen LogP contribution < -0.4 is 4.74 Å². The summed E-state index contributed by atoms with van der Waals surface area (Å²) < 4.78 is 5.21. The Hall–Kier alpha value is -1.45. The minimum Gasteiger partial charge on any atom is -0.497 e. The van der Waals surface area contributed by atoms with Crippen LogP contribution in [0.1, 0.15) is 24.2 Å². The number of hydrogen-bond donors (Lipinski definition) is 1. The molecule has 0 fully saturated rings. The van der Waals surface area contributed by atoms with Crippen molar-refractivity contribution in [3.63, 3.8) is 0 Å². The molecule has 0 radical (unpaired) electrons. The van der Waals surface area contributed by atoms with E-state index in [1.165, 1.54) is 10.5 Å². The Morgan fingerprint density at radius 3 is 2.53 bits per heavy atom. The number of rotatable bonds is 5. The maximum atomic E-state index is 9.46. The number of benzene rings is 2. The van der Waals surface area contributed by atoms with Crippen molar-refractivity contribution in [2.75, 3.05) is 7.11 Å². The average molecular weight is 274 g/mol. The molecule has 0 aliphatic rings. The summed E-state index contributed by atoms with van der Waals surface area (Å²) in [5, 5.41) is 9.46. The monoisotopic (exact) mass is 274 g/mol. The van der Waals surface area contributed by atoms with Crippen LogP contribution in [-0.4, -0.2) is 12.2 Å². The zero-order valence-electron chi connectivity index (χ0n) is 11.2. The molecule has 0 aromatic heterocycles. The van der Waals surface area contributed by atoms with Gasteiger partial charge in [-0.2, -0.15) is 0 Å². The number of ether oxygens (including phenoxy) is 1. The van der Waals surface area contributed by atoms with Crippen LogP contribution in [0, 0.1) is 0 Å². The van der Waals surface area contributed by atoms with Crippen molar-refractivity contribution in [2.45, 2.75) is 23.7 Å². The summed E-state index contributed by atoms with van der Waals surface area (Å²) >= 11 is 1.78. The largest absolute Gasteiger partial charge is 0.497 e. The number of aliphatic hydroxyl groups excluding tert-OH is 1. The highest BCUT2D eigenvalue weighted by molar-refractivity contribution is 7.98. The standard InChI is InChI=1S/C16H18O2S/c1-12(17)14-6-8-16(9-7-14)19-11-13-4-3-5-15(10-13)18-2/h3-10,12,17H,11H2,1-2H3. The molecular formula is C16H18O2S. The summed E-state index contributed by atoms with van der Waals surface area (Å²) in [5.41, 5.74) is 2.19. The van der Waals surface area contributed by atoms with Crippen LogP contribution in [0.2, 0.25) is 0 Å². The summed E-state index contributed by atoms with van der Waals surface area (Å²) in [7, 11) is 1.68. The summed E-state index contributed by atoms with van der Waals surface area (Å²) in [4.78, 5) is 1.20. The van der Waals surface area contributed by atoms with Gasteiger partial charge in [-0.15, -0.1) is 11.8 Å². The molecule has 2 aromatic carbocycles. The van der Waals surface area contributed by atoms with Gasteiger partial charge in [0.2, 0.25) is 0 Å². The van der Waals surface area contributed by atoms with E-state index in [0.29, 0.717) is 0 Å². The third-order valence-corrected chi connectivity index (χ3v) is 3.99. The van der Waals surface area contributed by atoms with Gasteiger partial charge in [0.25, 0.3) is 0 Å². The molecule has 1 unspecified atom stereocenters. The van der Waals surface area contributed by atoms with Crippen molar-refractivity contribution in [2.24, 2.45) is 0 Å². The lowest BCUT2D eigenvalue weighted by Gasteiger charge is -2.07. The van der Waals surface area contributed by atoms with Crippen LogP contribution in [0.25, 0.3) is 0 Å². The molecule has 0 spiro atoms. The van der Waals surface area contributed by atoms with Gasteiger partial charge in [-0.3, -0.25) is 0 Å². The van der Waals surface area contributed by atoms with E-state index < -0.39 is 6.10 Å². The Morgan fingerprint density at radius 1 is 1.16 bits per heavy atom. The van der Waals surface area contributed by atoms with Gasteiger partial charge in [-0.05, 0) is 42.3 Å². The third-order valence-electron chi connectivity index (χ3n) is 2.90. The van der Waals surface area contributed by atoms with Crippen LogP contribution >= 0.6 is 11.8 Å². The first-order valence-electron chi connectivity index (χ1n) is 6.23. The highest BCUT2D eigenvalue weighted by Gasteiger charge is 2.01. The first-order chi connectivity index (χ1) is 9.19. The van der Waals surface area contributed by atoms with Gasteiger partial charge in [0.05, 0.1) is 13.2 Å². The predicted molar refractivity (Wildman–Crippen MR) is 79.6 cm³/mol. The Morgan fingerprint density at radius 2 is 1.89 bits per heavy atom. The SMILES string of the molecule is COc1cccc(CSc2ccc(C(C)O)cc2)c1. The molecule has 2 nitrogen and oxygen atoms in total. The maximum Gasteiger partial charge on any atom is 0.119 e. The average Bonchev–Trinajstić information content (AvgIpc) is 2.46. The van der Waals surface area contributed by atoms with E-state index in [1.54, 1.807) is 25.8 Å². The van der Waals surface area contributed by atoms with Gasteiger partial charge in [0.1, 0.15) is 5.75 Å². The second kappa shape index (κ2) is 6.64. The van der Waals surface area contributed by atoms with E-state index in [0.717, 1.165) is 17.1 Å². The molecule has 0 aliphatic carbocycles. The molecule has 0 saturated carbocycles. The lowest BCUT2D eigenvalue weighted by atomic mass is 10.1. The van der Waals surface area contributed by atoms with E-state index in [9.17, 15) is 5.11 Å². The van der Waals surface area contributed by atoms with E-state index in [2.05, 4.69) is 12.1 Å². The zero-order valence-corrected chi connectivity index (χ0v) is 12.0. The lowest BCUT2D eigenvalue weighted by Crippen LogP contribution is -1.90. The predicted octanol–water partition coefficient (Wildman–Crippen LogP) is 4.04. The fourth-order valence-corrected chi connectivity index (χ4v) is 2.61. The Bertz CT molecular complexity index is 521. The molecule has 1 N–H and O–H groups in total. The molecule has 2 aromatic rings. The second-order valence-corrected chi connectivity index (χ2v) is 5.43. The first kappa shape index (κ1) is 14.0. The summed E-state index contributed by atoms with van der Waals surface area (Å²) in [6.45, 7) is 1.78. The van der Waals surface area contributed by atoms with Gasteiger partial charge < -0.3 is 9.84 Å². The second-order valence-electron chi connectivity index (χ2n) is 4.39. The highest BCUT2D eigenvalue weighted by Crippen LogP contribution is 2.25. The lowest BCUT2D eigenvalue weighted by molar-refractivity contribution is 0.199. The van der Waals surface area contributed by atoms with Crippen molar-refractivity contribution in [1.29, 1.82) is 0 Å². The maximum absolute atomic E-state index is 9.46. The van der Waals surface area contributed by atoms with Crippen molar-refractivity contribution in [1.82, 2.24) is 0 Å². The molecule has 19 heavy (non-hydrogen) atoms. The van der Waals surface area contributed by atoms with Gasteiger partial charge in [-0.1, -0.05) is 24.3 Å². The molecule has 1 atom stereocenters. The molecule has 2 rings (SSSR count). The van der Waals surface area contributed by atoms with Crippen molar-refractivity contribution < 1.29 is 9.84 Å². The van der Waals surface area contributed by atoms with E-state index in [1.807, 2.05) is 36.4 Å². The van der Waals surface area contributed by atoms with Crippen LogP contribution in [0.3, 0.4) is 0 Å². The molecule has 0 bridgehead atoms. The van der Waals surface area contributed by atoms with Gasteiger partial charge >= 0.3 is 0 Å². The summed E-state index contributed by atoms with van der Waals surface area (Å²) in [5.74, 6) is 1.80. The number of aliphatic hydroxyl groups is 1. The highest BCUT2D eigenvalue weighted by atomic mass is 32.2. The van der Waals surface area contributed by atoms with Gasteiger partial charge in [0.15, 0.2) is 0 Å². The van der Waals surface area contributed by atoms with Crippen molar-refractivity contribution in [3.8, 4) is 5.75 Å². The topological polar surface area (TPSA) is 29.5 Å². The smallest absolute Gasteiger partial charge is 0.119 e. The Kier molecular flexibility index (Phi) is 4.88. The van der Waals surface area contributed by atoms with Gasteiger partial charge in [-0.25, -0.2) is 0 Å². The van der Waals surface area contributed by atoms with Crippen LogP contribution in [0.4, 0.5) is 0 Å². The van der Waals surface area contributed by atoms with Crippen LogP contribution in [-0.2, 0) is 5.75 Å². The summed E-state index contributed by atoms with van der Waals surface area (Å²) in [6, 6.07) is 16.1. The van der Waals surface area contributed by atoms with Crippen molar-refractivity contribution in [3.05, 3.63) is 59.7 Å². The number of thioether (sulfide) groups is 1. The van der Waals surface area contributed by atoms with E-state index in [-0.39, 0.29) is 0 Å². The zero-order chi connectivity index (χ0) is 13.7.